The number of carbonyl (C=O) groups is 2. The van der Waals surface area contributed by atoms with Crippen LogP contribution in [0, 0.1) is 11.8 Å². The van der Waals surface area contributed by atoms with Crippen LogP contribution in [-0.2, 0) is 28.4 Å². The number of ether oxygens (including phenoxy) is 1. The highest BCUT2D eigenvalue weighted by atomic mass is 19.4. The molecule has 2 fully saturated rings. The molecule has 0 amide bonds. The van der Waals surface area contributed by atoms with E-state index in [1.165, 1.54) is 12.1 Å². The molecule has 0 spiro atoms. The van der Waals surface area contributed by atoms with Crippen LogP contribution in [0.2, 0.25) is 0 Å². The molecule has 1 aromatic carbocycles. The summed E-state index contributed by atoms with van der Waals surface area (Å²) in [7, 11) is 0. The van der Waals surface area contributed by atoms with Crippen molar-refractivity contribution >= 4 is 11.6 Å². The predicted molar refractivity (Wildman–Crippen MR) is 104 cm³/mol. The predicted octanol–water partition coefficient (Wildman–Crippen LogP) is 6.13. The number of halogens is 6. The van der Waals surface area contributed by atoms with Gasteiger partial charge in [0.2, 0.25) is 5.88 Å². The maximum atomic E-state index is 13.4. The van der Waals surface area contributed by atoms with Crippen LogP contribution in [0.25, 0.3) is 0 Å². The lowest BCUT2D eigenvalue weighted by Crippen LogP contribution is -2.35. The second-order valence-corrected chi connectivity index (χ2v) is 8.33. The van der Waals surface area contributed by atoms with Crippen LogP contribution >= 0.6 is 0 Å². The largest absolute Gasteiger partial charge is 0.438 e. The number of rotatable bonds is 4. The van der Waals surface area contributed by atoms with Gasteiger partial charge in [0.1, 0.15) is 17.2 Å². The van der Waals surface area contributed by atoms with Gasteiger partial charge in [0, 0.05) is 18.0 Å². The fourth-order valence-electron chi connectivity index (χ4n) is 4.65. The monoisotopic (exact) mass is 471 g/mol. The van der Waals surface area contributed by atoms with E-state index in [1.54, 1.807) is 6.07 Å². The Hall–Kier alpha value is -2.91. The molecule has 4 nitrogen and oxygen atoms in total. The number of Topliss-reactive ketones (excluding diaryl/α,β-unsaturated/α-hetero) is 2. The maximum Gasteiger partial charge on any atom is 0.421 e. The Morgan fingerprint density at radius 1 is 0.970 bits per heavy atom. The maximum absolute atomic E-state index is 13.4. The molecule has 2 bridgehead atoms. The SMILES string of the molecule is CCc1ccc(Oc2ncc(C(F)(F)F)cc2C(F)(F)F)cc1C1C(=O)C2CCC(C2)C1=O. The lowest BCUT2D eigenvalue weighted by atomic mass is 9.74. The summed E-state index contributed by atoms with van der Waals surface area (Å²) in [6.07, 6.45) is -7.64. The van der Waals surface area contributed by atoms with Crippen molar-refractivity contribution < 1.29 is 40.7 Å². The van der Waals surface area contributed by atoms with Crippen molar-refractivity contribution in [2.45, 2.75) is 50.9 Å². The van der Waals surface area contributed by atoms with Crippen molar-refractivity contribution in [3.63, 3.8) is 0 Å². The summed E-state index contributed by atoms with van der Waals surface area (Å²) in [5, 5.41) is 0. The van der Waals surface area contributed by atoms with E-state index in [2.05, 4.69) is 4.98 Å². The molecule has 0 N–H and O–H groups in total. The van der Waals surface area contributed by atoms with E-state index in [-0.39, 0.29) is 41.4 Å². The minimum atomic E-state index is -5.15. The van der Waals surface area contributed by atoms with E-state index in [4.69, 9.17) is 4.74 Å². The third-order valence-corrected chi connectivity index (χ3v) is 6.31. The van der Waals surface area contributed by atoms with E-state index >= 15 is 0 Å². The quantitative estimate of drug-likeness (QED) is 0.398. The zero-order valence-corrected chi connectivity index (χ0v) is 17.4. The Morgan fingerprint density at radius 2 is 1.61 bits per heavy atom. The highest BCUT2D eigenvalue weighted by Gasteiger charge is 2.48. The van der Waals surface area contributed by atoms with Crippen molar-refractivity contribution in [1.82, 2.24) is 4.98 Å². The molecule has 2 saturated carbocycles. The average molecular weight is 471 g/mol. The van der Waals surface area contributed by atoms with Crippen LogP contribution in [0.5, 0.6) is 11.6 Å². The zero-order valence-electron chi connectivity index (χ0n) is 17.4. The summed E-state index contributed by atoms with van der Waals surface area (Å²) in [5.41, 5.74) is -2.20. The van der Waals surface area contributed by atoms with E-state index in [9.17, 15) is 35.9 Å². The van der Waals surface area contributed by atoms with Gasteiger partial charge in [-0.25, -0.2) is 4.98 Å². The van der Waals surface area contributed by atoms with Gasteiger partial charge in [-0.05, 0) is 55.0 Å². The van der Waals surface area contributed by atoms with Crippen LogP contribution < -0.4 is 4.74 Å². The van der Waals surface area contributed by atoms with E-state index in [0.717, 1.165) is 0 Å². The van der Waals surface area contributed by atoms with E-state index in [1.807, 2.05) is 6.92 Å². The van der Waals surface area contributed by atoms with Crippen LogP contribution in [0.4, 0.5) is 26.3 Å². The summed E-state index contributed by atoms with van der Waals surface area (Å²) in [6.45, 7) is 1.81. The first-order chi connectivity index (χ1) is 15.4. The molecule has 2 aliphatic carbocycles. The summed E-state index contributed by atoms with van der Waals surface area (Å²) in [5.74, 6) is -3.07. The molecular weight excluding hydrogens is 452 g/mol. The summed E-state index contributed by atoms with van der Waals surface area (Å²) in [4.78, 5) is 29.1. The van der Waals surface area contributed by atoms with Crippen LogP contribution in [0.15, 0.2) is 30.5 Å². The second kappa shape index (κ2) is 8.14. The lowest BCUT2D eigenvalue weighted by Gasteiger charge is -2.27. The minimum absolute atomic E-state index is 0.0600. The number of fused-ring (bicyclic) bond motifs is 2. The van der Waals surface area contributed by atoms with Gasteiger partial charge in [-0.3, -0.25) is 9.59 Å². The van der Waals surface area contributed by atoms with Gasteiger partial charge < -0.3 is 4.74 Å². The number of hydrogen-bond donors (Lipinski definition) is 0. The number of ketones is 2. The van der Waals surface area contributed by atoms with Crippen molar-refractivity contribution in [3.05, 3.63) is 52.7 Å². The van der Waals surface area contributed by atoms with E-state index < -0.39 is 35.3 Å². The summed E-state index contributed by atoms with van der Waals surface area (Å²) < 4.78 is 84.2. The molecule has 1 aromatic heterocycles. The second-order valence-electron chi connectivity index (χ2n) is 8.33. The Morgan fingerprint density at radius 3 is 2.15 bits per heavy atom. The normalized spacial score (nSPS) is 23.2. The molecule has 4 rings (SSSR count). The van der Waals surface area contributed by atoms with Crippen LogP contribution in [0.3, 0.4) is 0 Å². The van der Waals surface area contributed by atoms with E-state index in [0.29, 0.717) is 36.8 Å². The summed E-state index contributed by atoms with van der Waals surface area (Å²) >= 11 is 0. The number of hydrogen-bond acceptors (Lipinski definition) is 4. The number of aromatic nitrogens is 1. The molecule has 0 aliphatic heterocycles. The standard InChI is InChI=1S/C23H19F6NO3/c1-2-11-5-6-15(9-16(11)18-19(31)12-3-4-13(7-12)20(18)32)33-21-17(23(27,28)29)8-14(10-30-21)22(24,25)26/h5-6,8-10,12-13,18H,2-4,7H2,1H3. The van der Waals surface area contributed by atoms with Gasteiger partial charge >= 0.3 is 12.4 Å². The fraction of sp³-hybridized carbons (Fsp3) is 0.435. The smallest absolute Gasteiger partial charge is 0.421 e. The molecule has 2 aliphatic rings. The number of nitrogens with zero attached hydrogens (tertiary/aromatic N) is 1. The van der Waals surface area contributed by atoms with Gasteiger partial charge in [0.25, 0.3) is 0 Å². The number of aryl methyl sites for hydroxylation is 1. The molecule has 2 atom stereocenters. The first-order valence-corrected chi connectivity index (χ1v) is 10.4. The molecule has 10 heteroatoms. The van der Waals surface area contributed by atoms with Gasteiger partial charge in [-0.1, -0.05) is 13.0 Å². The third-order valence-electron chi connectivity index (χ3n) is 6.31. The highest BCUT2D eigenvalue weighted by molar-refractivity contribution is 6.12. The average Bonchev–Trinajstić information content (AvgIpc) is 3.19. The Bertz CT molecular complexity index is 1090. The third kappa shape index (κ3) is 4.35. The van der Waals surface area contributed by atoms with Gasteiger partial charge in [-0.15, -0.1) is 0 Å². The first-order valence-electron chi connectivity index (χ1n) is 10.4. The molecular formula is C23H19F6NO3. The van der Waals surface area contributed by atoms with Crippen LogP contribution in [-0.4, -0.2) is 16.6 Å². The Balaban J connectivity index is 1.74. The molecule has 2 unspecified atom stereocenters. The van der Waals surface area contributed by atoms with Gasteiger partial charge in [0.05, 0.1) is 5.56 Å². The molecule has 0 saturated heterocycles. The lowest BCUT2D eigenvalue weighted by molar-refractivity contribution is -0.144. The zero-order chi connectivity index (χ0) is 24.1. The minimum Gasteiger partial charge on any atom is -0.438 e. The van der Waals surface area contributed by atoms with Gasteiger partial charge in [-0.2, -0.15) is 26.3 Å². The van der Waals surface area contributed by atoms with Crippen molar-refractivity contribution in [3.8, 4) is 11.6 Å². The number of benzene rings is 1. The molecule has 2 aromatic rings. The summed E-state index contributed by atoms with van der Waals surface area (Å²) in [6, 6.07) is 4.15. The fourth-order valence-corrected chi connectivity index (χ4v) is 4.65. The van der Waals surface area contributed by atoms with Crippen molar-refractivity contribution in [2.75, 3.05) is 0 Å². The number of alkyl halides is 6. The van der Waals surface area contributed by atoms with Gasteiger partial charge in [0.15, 0.2) is 11.6 Å². The number of pyridine rings is 1. The molecule has 176 valence electrons. The van der Waals surface area contributed by atoms with Crippen molar-refractivity contribution in [2.24, 2.45) is 11.8 Å². The van der Waals surface area contributed by atoms with Crippen molar-refractivity contribution in [1.29, 1.82) is 0 Å². The Labute approximate surface area is 185 Å². The highest BCUT2D eigenvalue weighted by Crippen LogP contribution is 2.46. The van der Waals surface area contributed by atoms with Crippen LogP contribution in [0.1, 0.15) is 54.4 Å². The Kier molecular flexibility index (Phi) is 5.74. The molecule has 33 heavy (non-hydrogen) atoms. The molecule has 1 heterocycles. The topological polar surface area (TPSA) is 56.3 Å². The molecule has 0 radical (unpaired) electrons. The first kappa shape index (κ1) is 23.3. The number of carbonyl (C=O) groups excluding carboxylic acids is 2.